The highest BCUT2D eigenvalue weighted by Crippen LogP contribution is 2.40. The lowest BCUT2D eigenvalue weighted by Gasteiger charge is -2.53. The van der Waals surface area contributed by atoms with Crippen LogP contribution < -0.4 is 10.2 Å². The van der Waals surface area contributed by atoms with Crippen molar-refractivity contribution in [3.8, 4) is 0 Å². The second kappa shape index (κ2) is 7.68. The van der Waals surface area contributed by atoms with Crippen LogP contribution in [0.1, 0.15) is 36.5 Å². The van der Waals surface area contributed by atoms with E-state index in [1.54, 1.807) is 24.4 Å². The van der Waals surface area contributed by atoms with Gasteiger partial charge in [-0.1, -0.05) is 0 Å². The summed E-state index contributed by atoms with van der Waals surface area (Å²) in [6, 6.07) is 6.45. The van der Waals surface area contributed by atoms with Crippen molar-refractivity contribution >= 4 is 11.7 Å². The Labute approximate surface area is 168 Å². The van der Waals surface area contributed by atoms with Crippen LogP contribution >= 0.6 is 0 Å². The van der Waals surface area contributed by atoms with Gasteiger partial charge < -0.3 is 20.1 Å². The molecule has 2 aliphatic rings. The Morgan fingerprint density at radius 3 is 2.72 bits per heavy atom. The van der Waals surface area contributed by atoms with Crippen LogP contribution in [0.25, 0.3) is 0 Å². The maximum atomic E-state index is 13.1. The Balaban J connectivity index is 1.46. The average Bonchev–Trinajstić information content (AvgIpc) is 2.74. The second-order valence-corrected chi connectivity index (χ2v) is 8.00. The first-order valence-corrected chi connectivity index (χ1v) is 9.83. The number of halogens is 1. The summed E-state index contributed by atoms with van der Waals surface area (Å²) < 4.78 is 19.2. The minimum Gasteiger partial charge on any atom is -0.388 e. The summed E-state index contributed by atoms with van der Waals surface area (Å²) in [4.78, 5) is 22.8. The zero-order chi connectivity index (χ0) is 20.5. The molecule has 8 heteroatoms. The van der Waals surface area contributed by atoms with Crippen LogP contribution in [0.4, 0.5) is 10.2 Å². The number of nitrogens with one attached hydrogen (secondary N) is 1. The molecule has 29 heavy (non-hydrogen) atoms. The molecule has 154 valence electrons. The first-order chi connectivity index (χ1) is 13.9. The van der Waals surface area contributed by atoms with E-state index in [0.29, 0.717) is 50.3 Å². The number of hydrogen-bond donors (Lipinski definition) is 2. The van der Waals surface area contributed by atoms with Crippen molar-refractivity contribution in [2.75, 3.05) is 24.6 Å². The molecule has 0 saturated carbocycles. The predicted octanol–water partition coefficient (Wildman–Crippen LogP) is 1.92. The number of hydrogen-bond acceptors (Lipinski definition) is 6. The van der Waals surface area contributed by atoms with Crippen molar-refractivity contribution in [1.82, 2.24) is 15.3 Å². The minimum absolute atomic E-state index is 0.260. The average molecular weight is 400 g/mol. The molecule has 2 atom stereocenters. The normalized spacial score (nSPS) is 26.3. The molecule has 1 spiro atoms. The van der Waals surface area contributed by atoms with Gasteiger partial charge in [-0.25, -0.2) is 9.37 Å². The smallest absolute Gasteiger partial charge is 0.253 e. The number of carbonyl (C=O) groups is 1. The first-order valence-electron chi connectivity index (χ1n) is 9.83. The maximum absolute atomic E-state index is 13.1. The molecule has 0 aromatic carbocycles. The fourth-order valence-electron chi connectivity index (χ4n) is 4.31. The summed E-state index contributed by atoms with van der Waals surface area (Å²) >= 11 is 0. The molecule has 0 aliphatic carbocycles. The van der Waals surface area contributed by atoms with Crippen molar-refractivity contribution in [3.63, 3.8) is 0 Å². The van der Waals surface area contributed by atoms with Crippen LogP contribution in [0.15, 0.2) is 42.9 Å². The van der Waals surface area contributed by atoms with Gasteiger partial charge >= 0.3 is 0 Å². The summed E-state index contributed by atoms with van der Waals surface area (Å²) in [6.45, 7) is 3.57. The molecule has 0 radical (unpaired) electrons. The Hall–Kier alpha value is -2.58. The van der Waals surface area contributed by atoms with Crippen LogP contribution in [-0.2, 0) is 4.74 Å². The third-order valence-electron chi connectivity index (χ3n) is 6.08. The minimum atomic E-state index is -0.854. The number of anilines is 1. The van der Waals surface area contributed by atoms with Crippen molar-refractivity contribution in [3.05, 3.63) is 54.2 Å². The van der Waals surface area contributed by atoms with Gasteiger partial charge in [0.25, 0.3) is 5.91 Å². The highest BCUT2D eigenvalue weighted by atomic mass is 19.1. The summed E-state index contributed by atoms with van der Waals surface area (Å²) in [6.07, 6.45) is 5.17. The van der Waals surface area contributed by atoms with Crippen LogP contribution in [0.2, 0.25) is 0 Å². The van der Waals surface area contributed by atoms with E-state index >= 15 is 0 Å². The summed E-state index contributed by atoms with van der Waals surface area (Å²) in [5.74, 6) is 0.0808. The standard InChI is InChI=1S/C21H25FN4O3/c1-20(25-18(27)15-3-2-9-23-13-15)8-12-29-21(19(20)28)6-10-26(11-7-21)17-5-4-16(22)14-24-17/h2-5,9,13-14,19,28H,6-8,10-12H2,1H3,(H,25,27)/t19-,20+/m1/s1. The molecule has 4 rings (SSSR count). The van der Waals surface area contributed by atoms with E-state index in [1.165, 1.54) is 18.5 Å². The van der Waals surface area contributed by atoms with Gasteiger partial charge in [0.05, 0.1) is 22.9 Å². The second-order valence-electron chi connectivity index (χ2n) is 8.00. The highest BCUT2D eigenvalue weighted by molar-refractivity contribution is 5.94. The zero-order valence-electron chi connectivity index (χ0n) is 16.3. The molecule has 0 unspecified atom stereocenters. The fraction of sp³-hybridized carbons (Fsp3) is 0.476. The molecule has 1 amide bonds. The molecule has 2 saturated heterocycles. The number of aliphatic hydroxyl groups is 1. The van der Waals surface area contributed by atoms with Gasteiger partial charge in [-0.05, 0) is 50.5 Å². The van der Waals surface area contributed by atoms with Gasteiger partial charge in [0, 0.05) is 32.1 Å². The summed E-state index contributed by atoms with van der Waals surface area (Å²) in [5.41, 5.74) is -1.08. The Kier molecular flexibility index (Phi) is 5.23. The monoisotopic (exact) mass is 400 g/mol. The van der Waals surface area contributed by atoms with Crippen molar-refractivity contribution in [1.29, 1.82) is 0 Å². The molecule has 7 nitrogen and oxygen atoms in total. The van der Waals surface area contributed by atoms with Crippen molar-refractivity contribution in [2.24, 2.45) is 0 Å². The molecule has 4 heterocycles. The quantitative estimate of drug-likeness (QED) is 0.819. The lowest BCUT2D eigenvalue weighted by Crippen LogP contribution is -2.69. The summed E-state index contributed by atoms with van der Waals surface area (Å²) in [5, 5.41) is 14.3. The van der Waals surface area contributed by atoms with E-state index in [-0.39, 0.29) is 11.7 Å². The van der Waals surface area contributed by atoms with Gasteiger partial charge in [-0.15, -0.1) is 0 Å². The largest absolute Gasteiger partial charge is 0.388 e. The Morgan fingerprint density at radius 1 is 1.28 bits per heavy atom. The topological polar surface area (TPSA) is 87.6 Å². The van der Waals surface area contributed by atoms with Crippen molar-refractivity contribution in [2.45, 2.75) is 43.4 Å². The third kappa shape index (κ3) is 3.82. The molecule has 2 aliphatic heterocycles. The molecule has 2 fully saturated rings. The molecular weight excluding hydrogens is 375 g/mol. The SMILES string of the molecule is C[C@]1(NC(=O)c2cccnc2)CCOC2(CCN(c3ccc(F)cn3)CC2)[C@@H]1O. The van der Waals surface area contributed by atoms with E-state index < -0.39 is 17.2 Å². The van der Waals surface area contributed by atoms with Gasteiger partial charge in [0.2, 0.25) is 0 Å². The number of amides is 1. The Bertz CT molecular complexity index is 856. The van der Waals surface area contributed by atoms with E-state index in [1.807, 2.05) is 6.92 Å². The van der Waals surface area contributed by atoms with Crippen molar-refractivity contribution < 1.29 is 19.0 Å². The van der Waals surface area contributed by atoms with Gasteiger partial charge in [0.15, 0.2) is 0 Å². The number of ether oxygens (including phenoxy) is 1. The number of nitrogens with zero attached hydrogens (tertiary/aromatic N) is 3. The number of aromatic nitrogens is 2. The summed E-state index contributed by atoms with van der Waals surface area (Å²) in [7, 11) is 0. The van der Waals surface area contributed by atoms with Gasteiger partial charge in [-0.2, -0.15) is 0 Å². The van der Waals surface area contributed by atoms with E-state index in [0.717, 1.165) is 0 Å². The van der Waals surface area contributed by atoms with Crippen LogP contribution in [-0.4, -0.2) is 57.9 Å². The number of pyridine rings is 2. The first kappa shape index (κ1) is 19.7. The molecule has 2 aromatic heterocycles. The van der Waals surface area contributed by atoms with Crippen LogP contribution in [0.5, 0.6) is 0 Å². The number of carbonyl (C=O) groups excluding carboxylic acids is 1. The molecule has 2 N–H and O–H groups in total. The zero-order valence-corrected chi connectivity index (χ0v) is 16.3. The lowest BCUT2D eigenvalue weighted by molar-refractivity contribution is -0.195. The fourth-order valence-corrected chi connectivity index (χ4v) is 4.31. The van der Waals surface area contributed by atoms with E-state index in [4.69, 9.17) is 4.74 Å². The van der Waals surface area contributed by atoms with E-state index in [9.17, 15) is 14.3 Å². The van der Waals surface area contributed by atoms with Gasteiger partial charge in [0.1, 0.15) is 17.7 Å². The lowest BCUT2D eigenvalue weighted by atomic mass is 9.73. The van der Waals surface area contributed by atoms with Crippen LogP contribution in [0.3, 0.4) is 0 Å². The van der Waals surface area contributed by atoms with Gasteiger partial charge in [-0.3, -0.25) is 9.78 Å². The molecule has 2 aromatic rings. The molecule has 0 bridgehead atoms. The third-order valence-corrected chi connectivity index (χ3v) is 6.08. The van der Waals surface area contributed by atoms with E-state index in [2.05, 4.69) is 20.2 Å². The number of piperidine rings is 1. The predicted molar refractivity (Wildman–Crippen MR) is 105 cm³/mol. The number of aliphatic hydroxyl groups excluding tert-OH is 1. The highest BCUT2D eigenvalue weighted by Gasteiger charge is 2.54. The maximum Gasteiger partial charge on any atom is 0.253 e. The number of rotatable bonds is 3. The van der Waals surface area contributed by atoms with Crippen LogP contribution in [0, 0.1) is 5.82 Å². The molecular formula is C21H25FN4O3. The Morgan fingerprint density at radius 2 is 2.07 bits per heavy atom.